The van der Waals surface area contributed by atoms with Gasteiger partial charge >= 0.3 is 0 Å². The quantitative estimate of drug-likeness (QED) is 0.577. The predicted molar refractivity (Wildman–Crippen MR) is 76.6 cm³/mol. The summed E-state index contributed by atoms with van der Waals surface area (Å²) in [5, 5.41) is 3.56. The monoisotopic (exact) mass is 267 g/mol. The third-order valence-corrected chi connectivity index (χ3v) is 4.02. The second-order valence-electron chi connectivity index (χ2n) is 5.21. The van der Waals surface area contributed by atoms with Gasteiger partial charge in [0.15, 0.2) is 0 Å². The van der Waals surface area contributed by atoms with E-state index in [0.29, 0.717) is 5.41 Å². The van der Waals surface area contributed by atoms with Crippen molar-refractivity contribution in [1.82, 2.24) is 5.32 Å². The summed E-state index contributed by atoms with van der Waals surface area (Å²) in [5.74, 6) is 1.71. The third-order valence-electron chi connectivity index (χ3n) is 3.83. The summed E-state index contributed by atoms with van der Waals surface area (Å²) in [6, 6.07) is 8.30. The molecule has 1 aromatic rings. The molecule has 0 radical (unpaired) electrons. The largest absolute Gasteiger partial charge is 0.497 e. The molecule has 0 heterocycles. The average Bonchev–Trinajstić information content (AvgIpc) is 3.16. The van der Waals surface area contributed by atoms with Crippen molar-refractivity contribution < 1.29 is 4.74 Å². The normalized spacial score (nSPS) is 16.6. The van der Waals surface area contributed by atoms with E-state index in [1.54, 1.807) is 7.11 Å². The fourth-order valence-electron chi connectivity index (χ4n) is 2.27. The first kappa shape index (κ1) is 13.7. The van der Waals surface area contributed by atoms with Crippen molar-refractivity contribution in [2.24, 2.45) is 5.41 Å². The van der Waals surface area contributed by atoms with Crippen molar-refractivity contribution in [3.63, 3.8) is 0 Å². The Kier molecular flexibility index (Phi) is 4.90. The Morgan fingerprint density at radius 3 is 2.56 bits per heavy atom. The SMILES string of the molecule is COc1ccc(CCNCC2(CCCl)CC2)cc1. The van der Waals surface area contributed by atoms with E-state index in [-0.39, 0.29) is 0 Å². The zero-order valence-electron chi connectivity index (χ0n) is 11.0. The van der Waals surface area contributed by atoms with Crippen molar-refractivity contribution in [3.05, 3.63) is 29.8 Å². The Balaban J connectivity index is 1.65. The molecule has 0 aliphatic heterocycles. The number of hydrogen-bond donors (Lipinski definition) is 1. The number of hydrogen-bond acceptors (Lipinski definition) is 2. The molecule has 1 aliphatic carbocycles. The molecule has 1 aliphatic rings. The molecule has 0 atom stereocenters. The van der Waals surface area contributed by atoms with Crippen LogP contribution in [0.15, 0.2) is 24.3 Å². The maximum Gasteiger partial charge on any atom is 0.118 e. The van der Waals surface area contributed by atoms with Crippen LogP contribution in [0.4, 0.5) is 0 Å². The summed E-state index contributed by atoms with van der Waals surface area (Å²) in [6.45, 7) is 2.16. The molecule has 1 fully saturated rings. The van der Waals surface area contributed by atoms with Crippen LogP contribution in [0.1, 0.15) is 24.8 Å². The summed E-state index contributed by atoms with van der Waals surface area (Å²) >= 11 is 5.82. The van der Waals surface area contributed by atoms with E-state index in [1.165, 1.54) is 18.4 Å². The Labute approximate surface area is 115 Å². The number of ether oxygens (including phenoxy) is 1. The topological polar surface area (TPSA) is 21.3 Å². The second-order valence-corrected chi connectivity index (χ2v) is 5.59. The fraction of sp³-hybridized carbons (Fsp3) is 0.600. The zero-order chi connectivity index (χ0) is 12.8. The molecule has 0 saturated heterocycles. The first-order valence-corrected chi connectivity index (χ1v) is 7.21. The van der Waals surface area contributed by atoms with E-state index in [4.69, 9.17) is 16.3 Å². The smallest absolute Gasteiger partial charge is 0.118 e. The lowest BCUT2D eigenvalue weighted by molar-refractivity contribution is 0.414. The number of halogens is 1. The summed E-state index contributed by atoms with van der Waals surface area (Å²) in [7, 11) is 1.70. The van der Waals surface area contributed by atoms with E-state index in [2.05, 4.69) is 17.4 Å². The van der Waals surface area contributed by atoms with Crippen LogP contribution < -0.4 is 10.1 Å². The van der Waals surface area contributed by atoms with Gasteiger partial charge in [0.1, 0.15) is 5.75 Å². The predicted octanol–water partition coefficient (Wildman–Crippen LogP) is 3.24. The van der Waals surface area contributed by atoms with Gasteiger partial charge in [0.2, 0.25) is 0 Å². The van der Waals surface area contributed by atoms with Crippen LogP contribution in [0.5, 0.6) is 5.75 Å². The van der Waals surface area contributed by atoms with Crippen molar-refractivity contribution >= 4 is 11.6 Å². The zero-order valence-corrected chi connectivity index (χ0v) is 11.8. The molecule has 1 N–H and O–H groups in total. The van der Waals surface area contributed by atoms with Crippen LogP contribution >= 0.6 is 11.6 Å². The minimum absolute atomic E-state index is 0.529. The highest BCUT2D eigenvalue weighted by Crippen LogP contribution is 2.48. The minimum Gasteiger partial charge on any atom is -0.497 e. The Morgan fingerprint density at radius 1 is 1.28 bits per heavy atom. The van der Waals surface area contributed by atoms with Gasteiger partial charge in [0.05, 0.1) is 7.11 Å². The first-order chi connectivity index (χ1) is 8.78. The maximum atomic E-state index is 5.82. The summed E-state index contributed by atoms with van der Waals surface area (Å²) in [6.07, 6.45) is 4.91. The highest BCUT2D eigenvalue weighted by atomic mass is 35.5. The number of rotatable bonds is 8. The lowest BCUT2D eigenvalue weighted by Crippen LogP contribution is -2.26. The lowest BCUT2D eigenvalue weighted by atomic mass is 10.0. The molecule has 1 aromatic carbocycles. The van der Waals surface area contributed by atoms with Crippen molar-refractivity contribution in [2.75, 3.05) is 26.1 Å². The first-order valence-electron chi connectivity index (χ1n) is 6.68. The molecular weight excluding hydrogens is 246 g/mol. The summed E-state index contributed by atoms with van der Waals surface area (Å²) < 4.78 is 5.15. The van der Waals surface area contributed by atoms with E-state index in [9.17, 15) is 0 Å². The van der Waals surface area contributed by atoms with Crippen molar-refractivity contribution in [2.45, 2.75) is 25.7 Å². The van der Waals surface area contributed by atoms with Crippen LogP contribution in [0.3, 0.4) is 0 Å². The fourth-order valence-corrected chi connectivity index (χ4v) is 2.67. The molecule has 0 spiro atoms. The summed E-state index contributed by atoms with van der Waals surface area (Å²) in [4.78, 5) is 0. The minimum atomic E-state index is 0.529. The van der Waals surface area contributed by atoms with Crippen molar-refractivity contribution in [3.8, 4) is 5.75 Å². The van der Waals surface area contributed by atoms with Crippen LogP contribution in [-0.2, 0) is 6.42 Å². The molecule has 1 saturated carbocycles. The Morgan fingerprint density at radius 2 is 2.00 bits per heavy atom. The van der Waals surface area contributed by atoms with Gasteiger partial charge < -0.3 is 10.1 Å². The molecular formula is C15H22ClNO. The highest BCUT2D eigenvalue weighted by molar-refractivity contribution is 6.17. The van der Waals surface area contributed by atoms with Crippen LogP contribution in [0.25, 0.3) is 0 Å². The summed E-state index contributed by atoms with van der Waals surface area (Å²) in [5.41, 5.74) is 1.88. The second kappa shape index (κ2) is 6.44. The number of nitrogens with one attached hydrogen (secondary N) is 1. The Bertz CT molecular complexity index is 359. The number of benzene rings is 1. The van der Waals surface area contributed by atoms with Gasteiger partial charge in [-0.25, -0.2) is 0 Å². The van der Waals surface area contributed by atoms with E-state index < -0.39 is 0 Å². The molecule has 0 amide bonds. The number of alkyl halides is 1. The van der Waals surface area contributed by atoms with Gasteiger partial charge in [-0.15, -0.1) is 11.6 Å². The van der Waals surface area contributed by atoms with Crippen molar-refractivity contribution in [1.29, 1.82) is 0 Å². The Hall–Kier alpha value is -0.730. The molecule has 3 heteroatoms. The number of methoxy groups -OCH3 is 1. The van der Waals surface area contributed by atoms with Crippen LogP contribution in [-0.4, -0.2) is 26.1 Å². The standard InChI is InChI=1S/C15H22ClNO/c1-18-14-4-2-13(3-5-14)6-11-17-12-15(7-8-15)9-10-16/h2-5,17H,6-12H2,1H3. The highest BCUT2D eigenvalue weighted by Gasteiger charge is 2.40. The lowest BCUT2D eigenvalue weighted by Gasteiger charge is -2.14. The van der Waals surface area contributed by atoms with Gasteiger partial charge in [-0.05, 0) is 55.3 Å². The van der Waals surface area contributed by atoms with Gasteiger partial charge in [-0.2, -0.15) is 0 Å². The van der Waals surface area contributed by atoms with Crippen LogP contribution in [0, 0.1) is 5.41 Å². The van der Waals surface area contributed by atoms with Gasteiger partial charge in [0.25, 0.3) is 0 Å². The van der Waals surface area contributed by atoms with Gasteiger partial charge in [-0.1, -0.05) is 12.1 Å². The molecule has 0 aromatic heterocycles. The van der Waals surface area contributed by atoms with Crippen LogP contribution in [0.2, 0.25) is 0 Å². The average molecular weight is 268 g/mol. The molecule has 2 nitrogen and oxygen atoms in total. The molecule has 100 valence electrons. The molecule has 0 bridgehead atoms. The van der Waals surface area contributed by atoms with E-state index in [1.807, 2.05) is 12.1 Å². The molecule has 18 heavy (non-hydrogen) atoms. The molecule has 2 rings (SSSR count). The third kappa shape index (κ3) is 3.89. The van der Waals surface area contributed by atoms with Gasteiger partial charge in [-0.3, -0.25) is 0 Å². The maximum absolute atomic E-state index is 5.82. The van der Waals surface area contributed by atoms with Gasteiger partial charge in [0, 0.05) is 12.4 Å². The molecule has 0 unspecified atom stereocenters. The van der Waals surface area contributed by atoms with E-state index >= 15 is 0 Å². The van der Waals surface area contributed by atoms with E-state index in [0.717, 1.165) is 37.6 Å².